The van der Waals surface area contributed by atoms with Crippen LogP contribution in [0.3, 0.4) is 0 Å². The summed E-state index contributed by atoms with van der Waals surface area (Å²) in [6, 6.07) is 25.2. The maximum Gasteiger partial charge on any atom is 0.291 e. The Kier molecular flexibility index (Phi) is 6.43. The van der Waals surface area contributed by atoms with Gasteiger partial charge in [0.15, 0.2) is 5.76 Å². The number of hydrogen-bond donors (Lipinski definition) is 2. The Balaban J connectivity index is 1.17. The number of halogens is 1. The van der Waals surface area contributed by atoms with Gasteiger partial charge in [0.2, 0.25) is 5.91 Å². The Morgan fingerprint density at radius 3 is 2.33 bits per heavy atom. The first-order valence-corrected chi connectivity index (χ1v) is 11.6. The maximum absolute atomic E-state index is 12.5. The third kappa shape index (κ3) is 5.24. The standard InChI is InChI=1S/C29H21ClN2O4/c1-18-6-7-20(16-24(18)30)26-14-12-23(35-26)13-15-28(33)31-21-8-10-22(11-9-21)32-29(34)27-17-19-4-2-3-5-25(19)36-27/h2-17H,1H3,(H,31,33)(H,32,34)/b15-13+. The minimum atomic E-state index is -0.350. The van der Waals surface area contributed by atoms with Crippen molar-refractivity contribution >= 4 is 51.8 Å². The number of anilines is 2. The topological polar surface area (TPSA) is 84.5 Å². The molecule has 0 aliphatic rings. The number of amides is 2. The molecule has 7 heteroatoms. The summed E-state index contributed by atoms with van der Waals surface area (Å²) in [6.07, 6.45) is 2.98. The average Bonchev–Trinajstić information content (AvgIpc) is 3.53. The molecule has 0 unspecified atom stereocenters. The van der Waals surface area contributed by atoms with Crippen LogP contribution in [0.25, 0.3) is 28.4 Å². The van der Waals surface area contributed by atoms with Crippen LogP contribution >= 0.6 is 11.6 Å². The van der Waals surface area contributed by atoms with Gasteiger partial charge in [-0.2, -0.15) is 0 Å². The first-order chi connectivity index (χ1) is 17.4. The van der Waals surface area contributed by atoms with Crippen molar-refractivity contribution in [3.05, 3.63) is 113 Å². The van der Waals surface area contributed by atoms with Crippen LogP contribution in [0.5, 0.6) is 0 Å². The zero-order chi connectivity index (χ0) is 25.1. The van der Waals surface area contributed by atoms with E-state index in [4.69, 9.17) is 20.4 Å². The number of furan rings is 2. The van der Waals surface area contributed by atoms with Gasteiger partial charge in [0.25, 0.3) is 5.91 Å². The molecule has 0 bridgehead atoms. The van der Waals surface area contributed by atoms with Crippen molar-refractivity contribution < 1.29 is 18.4 Å². The van der Waals surface area contributed by atoms with Crippen LogP contribution in [0.15, 0.2) is 99.8 Å². The molecule has 2 heterocycles. The lowest BCUT2D eigenvalue weighted by Gasteiger charge is -2.06. The number of para-hydroxylation sites is 1. The predicted molar refractivity (Wildman–Crippen MR) is 142 cm³/mol. The Labute approximate surface area is 212 Å². The molecule has 2 amide bonds. The molecule has 0 spiro atoms. The van der Waals surface area contributed by atoms with Crippen molar-refractivity contribution in [2.45, 2.75) is 6.92 Å². The third-order valence-electron chi connectivity index (χ3n) is 5.54. The molecule has 5 aromatic rings. The Bertz CT molecular complexity index is 1560. The van der Waals surface area contributed by atoms with Crippen molar-refractivity contribution in [3.8, 4) is 11.3 Å². The molecule has 0 saturated carbocycles. The van der Waals surface area contributed by atoms with Crippen LogP contribution in [0.4, 0.5) is 11.4 Å². The number of benzene rings is 3. The minimum absolute atomic E-state index is 0.227. The molecule has 5 rings (SSSR count). The summed E-state index contributed by atoms with van der Waals surface area (Å²) in [6.45, 7) is 1.94. The maximum atomic E-state index is 12.5. The van der Waals surface area contributed by atoms with Gasteiger partial charge in [-0.3, -0.25) is 9.59 Å². The van der Waals surface area contributed by atoms with Crippen molar-refractivity contribution in [2.75, 3.05) is 10.6 Å². The molecule has 0 atom stereocenters. The lowest BCUT2D eigenvalue weighted by molar-refractivity contribution is -0.111. The molecule has 0 radical (unpaired) electrons. The quantitative estimate of drug-likeness (QED) is 0.237. The van der Waals surface area contributed by atoms with Gasteiger partial charge >= 0.3 is 0 Å². The van der Waals surface area contributed by atoms with Crippen LogP contribution in [0.2, 0.25) is 5.02 Å². The SMILES string of the molecule is Cc1ccc(-c2ccc(/C=C/C(=O)Nc3ccc(NC(=O)c4cc5ccccc5o4)cc3)o2)cc1Cl. The van der Waals surface area contributed by atoms with Crippen LogP contribution < -0.4 is 10.6 Å². The van der Waals surface area contributed by atoms with Gasteiger partial charge in [-0.15, -0.1) is 0 Å². The van der Waals surface area contributed by atoms with Gasteiger partial charge in [-0.25, -0.2) is 0 Å². The van der Waals surface area contributed by atoms with Gasteiger partial charge in [0.1, 0.15) is 17.1 Å². The number of carbonyl (C=O) groups excluding carboxylic acids is 2. The fourth-order valence-electron chi connectivity index (χ4n) is 3.61. The lowest BCUT2D eigenvalue weighted by Crippen LogP contribution is -2.11. The molecule has 3 aromatic carbocycles. The number of nitrogens with one attached hydrogen (secondary N) is 2. The predicted octanol–water partition coefficient (Wildman–Crippen LogP) is 7.56. The second-order valence-electron chi connectivity index (χ2n) is 8.17. The number of fused-ring (bicyclic) bond motifs is 1. The monoisotopic (exact) mass is 496 g/mol. The van der Waals surface area contributed by atoms with Crippen molar-refractivity contribution in [1.29, 1.82) is 0 Å². The summed E-state index contributed by atoms with van der Waals surface area (Å²) in [5, 5.41) is 7.09. The molecule has 6 nitrogen and oxygen atoms in total. The zero-order valence-corrected chi connectivity index (χ0v) is 20.0. The molecule has 2 N–H and O–H groups in total. The highest BCUT2D eigenvalue weighted by Crippen LogP contribution is 2.27. The fraction of sp³-hybridized carbons (Fsp3) is 0.0345. The number of carbonyl (C=O) groups is 2. The highest BCUT2D eigenvalue weighted by Gasteiger charge is 2.12. The Morgan fingerprint density at radius 1 is 0.833 bits per heavy atom. The molecule has 0 aliphatic heterocycles. The fourth-order valence-corrected chi connectivity index (χ4v) is 3.79. The smallest absolute Gasteiger partial charge is 0.291 e. The molecule has 2 aromatic heterocycles. The second kappa shape index (κ2) is 9.98. The summed E-state index contributed by atoms with van der Waals surface area (Å²) in [4.78, 5) is 24.8. The van der Waals surface area contributed by atoms with Crippen LogP contribution in [0.1, 0.15) is 21.9 Å². The molecule has 178 valence electrons. The molecule has 0 aliphatic carbocycles. The van der Waals surface area contributed by atoms with Crippen molar-refractivity contribution in [3.63, 3.8) is 0 Å². The molecule has 0 saturated heterocycles. The number of hydrogen-bond acceptors (Lipinski definition) is 4. The summed E-state index contributed by atoms with van der Waals surface area (Å²) >= 11 is 6.19. The third-order valence-corrected chi connectivity index (χ3v) is 5.95. The molecule has 0 fully saturated rings. The van der Waals surface area contributed by atoms with Crippen LogP contribution in [-0.4, -0.2) is 11.8 Å². The highest BCUT2D eigenvalue weighted by atomic mass is 35.5. The van der Waals surface area contributed by atoms with Crippen molar-refractivity contribution in [1.82, 2.24) is 0 Å². The van der Waals surface area contributed by atoms with E-state index in [1.165, 1.54) is 6.08 Å². The van der Waals surface area contributed by atoms with E-state index in [2.05, 4.69) is 10.6 Å². The first kappa shape index (κ1) is 23.2. The van der Waals surface area contributed by atoms with Gasteiger partial charge in [0, 0.05) is 33.4 Å². The summed E-state index contributed by atoms with van der Waals surface area (Å²) in [7, 11) is 0. The van der Waals surface area contributed by atoms with E-state index in [0.717, 1.165) is 16.5 Å². The van der Waals surface area contributed by atoms with E-state index in [-0.39, 0.29) is 17.6 Å². The van der Waals surface area contributed by atoms with Gasteiger partial charge < -0.3 is 19.5 Å². The van der Waals surface area contributed by atoms with Crippen molar-refractivity contribution in [2.24, 2.45) is 0 Å². The highest BCUT2D eigenvalue weighted by molar-refractivity contribution is 6.31. The second-order valence-corrected chi connectivity index (χ2v) is 8.58. The Morgan fingerprint density at radius 2 is 1.58 bits per heavy atom. The summed E-state index contributed by atoms with van der Waals surface area (Å²) in [5.74, 6) is 0.769. The van der Waals surface area contributed by atoms with Crippen LogP contribution in [-0.2, 0) is 4.79 Å². The average molecular weight is 497 g/mol. The first-order valence-electron chi connectivity index (χ1n) is 11.2. The largest absolute Gasteiger partial charge is 0.457 e. The van der Waals surface area contributed by atoms with Crippen LogP contribution in [0, 0.1) is 6.92 Å². The van der Waals surface area contributed by atoms with Gasteiger partial charge in [0.05, 0.1) is 0 Å². The summed E-state index contributed by atoms with van der Waals surface area (Å²) in [5.41, 5.74) is 3.67. The van der Waals surface area contributed by atoms with Gasteiger partial charge in [-0.05, 0) is 73.2 Å². The van der Waals surface area contributed by atoms with E-state index < -0.39 is 0 Å². The van der Waals surface area contributed by atoms with Gasteiger partial charge in [-0.1, -0.05) is 41.9 Å². The minimum Gasteiger partial charge on any atom is -0.457 e. The number of rotatable bonds is 6. The normalized spacial score (nSPS) is 11.2. The van der Waals surface area contributed by atoms with E-state index in [1.54, 1.807) is 42.5 Å². The van der Waals surface area contributed by atoms with E-state index >= 15 is 0 Å². The van der Waals surface area contributed by atoms with E-state index in [1.807, 2.05) is 55.5 Å². The lowest BCUT2D eigenvalue weighted by atomic mass is 10.1. The van der Waals surface area contributed by atoms with E-state index in [0.29, 0.717) is 33.5 Å². The summed E-state index contributed by atoms with van der Waals surface area (Å²) < 4.78 is 11.4. The molecule has 36 heavy (non-hydrogen) atoms. The number of aryl methyl sites for hydroxylation is 1. The molecular formula is C29H21ClN2O4. The zero-order valence-electron chi connectivity index (χ0n) is 19.2. The van der Waals surface area contributed by atoms with E-state index in [9.17, 15) is 9.59 Å². The Hall–Kier alpha value is -4.55. The molecular weight excluding hydrogens is 476 g/mol.